The van der Waals surface area contributed by atoms with Gasteiger partial charge >= 0.3 is 5.97 Å². The second-order valence-electron chi connectivity index (χ2n) is 14.6. The maximum atomic E-state index is 12.9. The minimum absolute atomic E-state index is 0.0234. The van der Waals surface area contributed by atoms with E-state index in [0.29, 0.717) is 36.9 Å². The summed E-state index contributed by atoms with van der Waals surface area (Å²) >= 11 is 0. The Morgan fingerprint density at radius 3 is 2.29 bits per heavy atom. The fraction of sp³-hybridized carbons (Fsp3) is 0.867. The van der Waals surface area contributed by atoms with Gasteiger partial charge in [0.1, 0.15) is 5.78 Å². The zero-order valence-corrected chi connectivity index (χ0v) is 22.3. The van der Waals surface area contributed by atoms with Crippen molar-refractivity contribution >= 4 is 11.8 Å². The van der Waals surface area contributed by atoms with Gasteiger partial charge in [0, 0.05) is 23.9 Å². The van der Waals surface area contributed by atoms with Crippen LogP contribution in [0.25, 0.3) is 0 Å². The number of aliphatic hydroxyl groups is 1. The molecule has 4 saturated carbocycles. The van der Waals surface area contributed by atoms with Gasteiger partial charge in [0.25, 0.3) is 0 Å². The predicted octanol–water partition coefficient (Wildman–Crippen LogP) is 6.41. The van der Waals surface area contributed by atoms with E-state index in [1.165, 1.54) is 5.57 Å². The molecule has 4 nitrogen and oxygen atoms in total. The third kappa shape index (κ3) is 2.81. The van der Waals surface area contributed by atoms with E-state index in [1.807, 2.05) is 6.92 Å². The topological polar surface area (TPSA) is 74.6 Å². The van der Waals surface area contributed by atoms with E-state index in [4.69, 9.17) is 0 Å². The lowest BCUT2D eigenvalue weighted by atomic mass is 9.33. The summed E-state index contributed by atoms with van der Waals surface area (Å²) in [5.74, 6) is 0.879. The van der Waals surface area contributed by atoms with Crippen LogP contribution in [0.2, 0.25) is 0 Å². The van der Waals surface area contributed by atoms with Crippen molar-refractivity contribution in [3.05, 3.63) is 11.6 Å². The van der Waals surface area contributed by atoms with Crippen LogP contribution in [0.5, 0.6) is 0 Å². The molecule has 0 aromatic carbocycles. The molecule has 5 aliphatic carbocycles. The lowest BCUT2D eigenvalue weighted by Crippen LogP contribution is -2.64. The highest BCUT2D eigenvalue weighted by molar-refractivity contribution is 5.85. The first kappa shape index (κ1) is 24.5. The molecule has 4 heteroatoms. The molecule has 8 atom stereocenters. The van der Waals surface area contributed by atoms with Gasteiger partial charge in [-0.3, -0.25) is 9.59 Å². The zero-order chi connectivity index (χ0) is 24.9. The fourth-order valence-corrected chi connectivity index (χ4v) is 10.5. The molecule has 0 bridgehead atoms. The van der Waals surface area contributed by atoms with Crippen molar-refractivity contribution < 1.29 is 19.8 Å². The number of aliphatic carboxylic acids is 1. The molecule has 0 saturated heterocycles. The van der Waals surface area contributed by atoms with E-state index in [9.17, 15) is 19.8 Å². The number of hydrogen-bond acceptors (Lipinski definition) is 3. The van der Waals surface area contributed by atoms with Crippen LogP contribution < -0.4 is 0 Å². The quantitative estimate of drug-likeness (QED) is 0.457. The van der Waals surface area contributed by atoms with Gasteiger partial charge in [-0.1, -0.05) is 46.3 Å². The van der Waals surface area contributed by atoms with Crippen molar-refractivity contribution in [2.24, 2.45) is 50.2 Å². The number of aliphatic hydroxyl groups excluding tert-OH is 1. The average molecular weight is 471 g/mol. The fourth-order valence-electron chi connectivity index (χ4n) is 10.5. The Balaban J connectivity index is 1.59. The van der Waals surface area contributed by atoms with Crippen LogP contribution in [0.15, 0.2) is 11.6 Å². The largest absolute Gasteiger partial charge is 0.481 e. The Kier molecular flexibility index (Phi) is 5.20. The van der Waals surface area contributed by atoms with Gasteiger partial charge < -0.3 is 10.2 Å². The van der Waals surface area contributed by atoms with E-state index in [2.05, 4.69) is 40.7 Å². The molecule has 0 aromatic heterocycles. The first-order valence-electron chi connectivity index (χ1n) is 13.8. The Hall–Kier alpha value is -1.16. The number of allylic oxidation sites excluding steroid dienone is 2. The van der Waals surface area contributed by atoms with E-state index >= 15 is 0 Å². The van der Waals surface area contributed by atoms with Crippen LogP contribution in [0, 0.1) is 50.2 Å². The van der Waals surface area contributed by atoms with Gasteiger partial charge in [0.2, 0.25) is 0 Å². The number of carboxylic acid groups (broad SMARTS) is 1. The summed E-state index contributed by atoms with van der Waals surface area (Å²) < 4.78 is 0. The lowest BCUT2D eigenvalue weighted by molar-refractivity contribution is -0.188. The number of ketones is 1. The van der Waals surface area contributed by atoms with Crippen molar-refractivity contribution in [1.82, 2.24) is 0 Å². The first-order chi connectivity index (χ1) is 15.7. The van der Waals surface area contributed by atoms with Crippen LogP contribution in [-0.4, -0.2) is 28.6 Å². The molecule has 0 radical (unpaired) electrons. The summed E-state index contributed by atoms with van der Waals surface area (Å²) in [6.07, 6.45) is 11.7. The molecule has 4 fully saturated rings. The Bertz CT molecular complexity index is 949. The summed E-state index contributed by atoms with van der Waals surface area (Å²) in [6, 6.07) is 0. The summed E-state index contributed by atoms with van der Waals surface area (Å²) in [5.41, 5.74) is 0.661. The van der Waals surface area contributed by atoms with E-state index in [1.54, 1.807) is 0 Å². The first-order valence-corrected chi connectivity index (χ1v) is 13.8. The van der Waals surface area contributed by atoms with Crippen molar-refractivity contribution in [2.75, 3.05) is 6.61 Å². The molecule has 0 spiro atoms. The molecule has 5 aliphatic rings. The molecule has 0 aromatic rings. The number of carbonyl (C=O) groups is 2. The minimum atomic E-state index is -0.711. The van der Waals surface area contributed by atoms with Gasteiger partial charge in [-0.2, -0.15) is 0 Å². The maximum Gasteiger partial charge on any atom is 0.309 e. The number of Topliss-reactive ketones (excluding diaryl/α,β-unsaturated/α-hetero) is 1. The molecular weight excluding hydrogens is 424 g/mol. The van der Waals surface area contributed by atoms with Crippen LogP contribution >= 0.6 is 0 Å². The van der Waals surface area contributed by atoms with Gasteiger partial charge in [0.05, 0.1) is 5.41 Å². The highest BCUT2D eigenvalue weighted by atomic mass is 16.4. The van der Waals surface area contributed by atoms with Crippen molar-refractivity contribution in [3.8, 4) is 0 Å². The third-order valence-electron chi connectivity index (χ3n) is 13.2. The Morgan fingerprint density at radius 2 is 1.65 bits per heavy atom. The highest BCUT2D eigenvalue weighted by Gasteiger charge is 2.68. The summed E-state index contributed by atoms with van der Waals surface area (Å²) in [6.45, 7) is 14.0. The average Bonchev–Trinajstić information content (AvgIpc) is 2.77. The number of hydrogen-bond donors (Lipinski definition) is 2. The minimum Gasteiger partial charge on any atom is -0.481 e. The van der Waals surface area contributed by atoms with Crippen LogP contribution in [0.4, 0.5) is 0 Å². The van der Waals surface area contributed by atoms with E-state index in [0.717, 1.165) is 44.9 Å². The Morgan fingerprint density at radius 1 is 0.971 bits per heavy atom. The molecule has 0 heterocycles. The third-order valence-corrected chi connectivity index (χ3v) is 13.2. The van der Waals surface area contributed by atoms with Crippen LogP contribution in [0.3, 0.4) is 0 Å². The smallest absolute Gasteiger partial charge is 0.309 e. The molecule has 0 unspecified atom stereocenters. The van der Waals surface area contributed by atoms with Crippen molar-refractivity contribution in [2.45, 2.75) is 106 Å². The van der Waals surface area contributed by atoms with Gasteiger partial charge in [-0.05, 0) is 98.7 Å². The molecular formula is C30H46O4. The van der Waals surface area contributed by atoms with E-state index in [-0.39, 0.29) is 39.6 Å². The number of carbonyl (C=O) groups excluding carboxylic acids is 1. The number of carboxylic acids is 1. The molecule has 5 rings (SSSR count). The highest BCUT2D eigenvalue weighted by Crippen LogP contribution is 2.75. The SMILES string of the molecule is CC1(C)C(=O)CC[C@]2(C)[C@H]3CC=C4[C@@H]5C[C@@](C)(C(=O)O)CC[C@]5(CO)CC[C@@]4(C)[C@]3(C)CC[C@@H]12. The maximum absolute atomic E-state index is 12.9. The Labute approximate surface area is 206 Å². The molecule has 2 N–H and O–H groups in total. The number of rotatable bonds is 2. The van der Waals surface area contributed by atoms with Crippen LogP contribution in [-0.2, 0) is 9.59 Å². The monoisotopic (exact) mass is 470 g/mol. The van der Waals surface area contributed by atoms with Crippen molar-refractivity contribution in [1.29, 1.82) is 0 Å². The molecule has 34 heavy (non-hydrogen) atoms. The van der Waals surface area contributed by atoms with Crippen LogP contribution in [0.1, 0.15) is 106 Å². The summed E-state index contributed by atoms with van der Waals surface area (Å²) in [4.78, 5) is 25.2. The second-order valence-corrected chi connectivity index (χ2v) is 14.6. The van der Waals surface area contributed by atoms with Gasteiger partial charge in [0.15, 0.2) is 0 Å². The summed E-state index contributed by atoms with van der Waals surface area (Å²) in [7, 11) is 0. The zero-order valence-electron chi connectivity index (χ0n) is 22.3. The normalized spacial score (nSPS) is 51.9. The van der Waals surface area contributed by atoms with Gasteiger partial charge in [-0.25, -0.2) is 0 Å². The summed E-state index contributed by atoms with van der Waals surface area (Å²) in [5, 5.41) is 20.7. The molecule has 0 amide bonds. The molecule has 0 aliphatic heterocycles. The lowest BCUT2D eigenvalue weighted by Gasteiger charge is -2.70. The van der Waals surface area contributed by atoms with Gasteiger partial charge in [-0.15, -0.1) is 0 Å². The standard InChI is InChI=1S/C30H46O4/c1-25(2)21-9-12-29(6)22(27(21,4)11-10-23(25)32)8-7-19-20-17-26(3,24(33)34)13-15-30(20,18-31)16-14-28(19,29)5/h7,20-22,31H,8-18H2,1-6H3,(H,33,34)/t20-,21-,22+,26-,27-,28+,29+,30+/m0/s1. The number of fused-ring (bicyclic) bond motifs is 7. The van der Waals surface area contributed by atoms with E-state index < -0.39 is 11.4 Å². The van der Waals surface area contributed by atoms with Crippen molar-refractivity contribution in [3.63, 3.8) is 0 Å². The molecule has 190 valence electrons. The second kappa shape index (κ2) is 7.20. The predicted molar refractivity (Wildman–Crippen MR) is 133 cm³/mol.